The average Bonchev–Trinajstić information content (AvgIpc) is 2.43. The summed E-state index contributed by atoms with van der Waals surface area (Å²) in [6.45, 7) is 8.90. The van der Waals surface area contributed by atoms with Gasteiger partial charge in [-0.15, -0.1) is 0 Å². The average molecular weight is 314 g/mol. The van der Waals surface area contributed by atoms with Crippen molar-refractivity contribution in [3.63, 3.8) is 0 Å². The monoisotopic (exact) mass is 314 g/mol. The van der Waals surface area contributed by atoms with E-state index in [1.807, 2.05) is 6.92 Å². The largest absolute Gasteiger partial charge is 0.460 e. The Bertz CT molecular complexity index is 424. The quantitative estimate of drug-likeness (QED) is 0.453. The van der Waals surface area contributed by atoms with Crippen LogP contribution in [0, 0.1) is 11.3 Å². The highest BCUT2D eigenvalue weighted by atomic mass is 16.5. The highest BCUT2D eigenvalue weighted by Gasteiger charge is 2.40. The van der Waals surface area contributed by atoms with Crippen LogP contribution in [0.15, 0.2) is 0 Å². The second-order valence-electron chi connectivity index (χ2n) is 5.72. The molecule has 0 bridgehead atoms. The lowest BCUT2D eigenvalue weighted by atomic mass is 9.71. The summed E-state index contributed by atoms with van der Waals surface area (Å²) < 4.78 is 9.38. The van der Waals surface area contributed by atoms with Crippen molar-refractivity contribution in [1.29, 1.82) is 0 Å². The summed E-state index contributed by atoms with van der Waals surface area (Å²) in [5.74, 6) is -4.40. The Morgan fingerprint density at radius 2 is 1.41 bits per heavy atom. The minimum atomic E-state index is -0.976. The van der Waals surface area contributed by atoms with Gasteiger partial charge in [0.25, 0.3) is 0 Å². The Hall–Kier alpha value is -1.72. The van der Waals surface area contributed by atoms with E-state index in [4.69, 9.17) is 4.74 Å². The maximum atomic E-state index is 12.3. The molecule has 1 atom stereocenters. The molecule has 126 valence electrons. The van der Waals surface area contributed by atoms with Crippen LogP contribution in [0.1, 0.15) is 53.9 Å². The molecule has 0 spiro atoms. The van der Waals surface area contributed by atoms with Gasteiger partial charge < -0.3 is 9.47 Å². The molecular formula is C16H26O6. The van der Waals surface area contributed by atoms with E-state index in [0.717, 1.165) is 6.42 Å². The Morgan fingerprint density at radius 3 is 1.86 bits per heavy atom. The Balaban J connectivity index is 5.26. The van der Waals surface area contributed by atoms with E-state index >= 15 is 0 Å². The lowest BCUT2D eigenvalue weighted by Crippen LogP contribution is -2.39. The third-order valence-corrected chi connectivity index (χ3v) is 3.52. The van der Waals surface area contributed by atoms with Gasteiger partial charge in [-0.25, -0.2) is 9.59 Å². The molecule has 0 radical (unpaired) electrons. The first-order chi connectivity index (χ1) is 10.2. The Labute approximate surface area is 131 Å². The number of ketones is 2. The predicted octanol–water partition coefficient (Wildman–Crippen LogP) is 2.08. The summed E-state index contributed by atoms with van der Waals surface area (Å²) in [7, 11) is 0. The zero-order valence-electron chi connectivity index (χ0n) is 14.1. The number of carbonyl (C=O) groups is 4. The molecule has 0 aliphatic heterocycles. The molecule has 6 heteroatoms. The van der Waals surface area contributed by atoms with Crippen molar-refractivity contribution in [2.75, 3.05) is 13.2 Å². The van der Waals surface area contributed by atoms with Gasteiger partial charge in [-0.1, -0.05) is 27.2 Å². The van der Waals surface area contributed by atoms with Crippen LogP contribution in [-0.4, -0.2) is 36.7 Å². The lowest BCUT2D eigenvalue weighted by molar-refractivity contribution is -0.159. The Kier molecular flexibility index (Phi) is 8.60. The van der Waals surface area contributed by atoms with Gasteiger partial charge in [0.2, 0.25) is 11.6 Å². The van der Waals surface area contributed by atoms with Gasteiger partial charge in [0.1, 0.15) is 0 Å². The van der Waals surface area contributed by atoms with Crippen LogP contribution < -0.4 is 0 Å². The molecule has 0 aromatic heterocycles. The number of ether oxygens (including phenoxy) is 2. The number of hydrogen-bond donors (Lipinski definition) is 0. The molecular weight excluding hydrogens is 288 g/mol. The summed E-state index contributed by atoms with van der Waals surface area (Å²) >= 11 is 0. The Morgan fingerprint density at radius 1 is 0.909 bits per heavy atom. The second-order valence-corrected chi connectivity index (χ2v) is 5.72. The van der Waals surface area contributed by atoms with Gasteiger partial charge >= 0.3 is 11.9 Å². The predicted molar refractivity (Wildman–Crippen MR) is 80.1 cm³/mol. The molecule has 0 heterocycles. The number of esters is 2. The van der Waals surface area contributed by atoms with Gasteiger partial charge in [-0.3, -0.25) is 9.59 Å². The highest BCUT2D eigenvalue weighted by Crippen LogP contribution is 2.35. The molecule has 0 saturated heterocycles. The number of hydrogen-bond acceptors (Lipinski definition) is 6. The molecule has 22 heavy (non-hydrogen) atoms. The molecule has 6 nitrogen and oxygen atoms in total. The van der Waals surface area contributed by atoms with E-state index in [-0.39, 0.29) is 19.6 Å². The van der Waals surface area contributed by atoms with Crippen molar-refractivity contribution in [2.45, 2.75) is 53.9 Å². The minimum absolute atomic E-state index is 0.0807. The maximum Gasteiger partial charge on any atom is 0.374 e. The van der Waals surface area contributed by atoms with Crippen molar-refractivity contribution >= 4 is 23.5 Å². The molecule has 0 aliphatic rings. The fraction of sp³-hybridized carbons (Fsp3) is 0.750. The molecule has 0 rings (SSSR count). The summed E-state index contributed by atoms with van der Waals surface area (Å²) in [4.78, 5) is 47.4. The van der Waals surface area contributed by atoms with Crippen LogP contribution in [0.4, 0.5) is 0 Å². The topological polar surface area (TPSA) is 86.7 Å². The van der Waals surface area contributed by atoms with Gasteiger partial charge in [0.05, 0.1) is 13.2 Å². The molecule has 0 amide bonds. The summed E-state index contributed by atoms with van der Waals surface area (Å²) in [6, 6.07) is 0. The van der Waals surface area contributed by atoms with Crippen molar-refractivity contribution in [3.05, 3.63) is 0 Å². The third kappa shape index (κ3) is 5.95. The highest BCUT2D eigenvalue weighted by molar-refractivity contribution is 6.38. The lowest BCUT2D eigenvalue weighted by Gasteiger charge is -2.32. The molecule has 1 unspecified atom stereocenters. The molecule has 0 aromatic carbocycles. The summed E-state index contributed by atoms with van der Waals surface area (Å²) in [6.07, 6.45) is 1.08. The van der Waals surface area contributed by atoms with E-state index in [1.54, 1.807) is 27.7 Å². The first-order valence-corrected chi connectivity index (χ1v) is 7.62. The van der Waals surface area contributed by atoms with E-state index < -0.39 is 34.8 Å². The van der Waals surface area contributed by atoms with E-state index in [0.29, 0.717) is 6.42 Å². The standard InChI is InChI=1S/C16H26O6/c1-6-9-16(4,5)11(13(18)15(20)22-8-3)10-12(17)14(19)21-7-2/h11H,6-10H2,1-5H3. The fourth-order valence-electron chi connectivity index (χ4n) is 2.37. The van der Waals surface area contributed by atoms with Gasteiger partial charge in [0, 0.05) is 12.3 Å². The zero-order valence-corrected chi connectivity index (χ0v) is 14.1. The van der Waals surface area contributed by atoms with E-state index in [9.17, 15) is 19.2 Å². The number of Topliss-reactive ketones (excluding diaryl/α,β-unsaturated/α-hetero) is 2. The molecule has 0 aliphatic carbocycles. The SMILES string of the molecule is CCCC(C)(C)C(CC(=O)C(=O)OCC)C(=O)C(=O)OCC. The minimum Gasteiger partial charge on any atom is -0.460 e. The van der Waals surface area contributed by atoms with Crippen molar-refractivity contribution in [1.82, 2.24) is 0 Å². The van der Waals surface area contributed by atoms with Crippen molar-refractivity contribution in [3.8, 4) is 0 Å². The molecule has 0 N–H and O–H groups in total. The van der Waals surface area contributed by atoms with Crippen LogP contribution in [0.3, 0.4) is 0 Å². The van der Waals surface area contributed by atoms with Crippen LogP contribution in [0.25, 0.3) is 0 Å². The van der Waals surface area contributed by atoms with Crippen LogP contribution in [-0.2, 0) is 28.7 Å². The van der Waals surface area contributed by atoms with Gasteiger partial charge in [-0.05, 0) is 25.7 Å². The van der Waals surface area contributed by atoms with Crippen LogP contribution in [0.5, 0.6) is 0 Å². The number of carbonyl (C=O) groups excluding carboxylic acids is 4. The van der Waals surface area contributed by atoms with E-state index in [2.05, 4.69) is 4.74 Å². The summed E-state index contributed by atoms with van der Waals surface area (Å²) in [5.41, 5.74) is -0.596. The normalized spacial score (nSPS) is 12.4. The van der Waals surface area contributed by atoms with Crippen molar-refractivity contribution in [2.24, 2.45) is 11.3 Å². The second kappa shape index (κ2) is 9.33. The maximum absolute atomic E-state index is 12.3. The van der Waals surface area contributed by atoms with Gasteiger partial charge in [0.15, 0.2) is 0 Å². The van der Waals surface area contributed by atoms with Crippen molar-refractivity contribution < 1.29 is 28.7 Å². The molecule has 0 fully saturated rings. The summed E-state index contributed by atoms with van der Waals surface area (Å²) in [5, 5.41) is 0. The molecule has 0 aromatic rings. The van der Waals surface area contributed by atoms with E-state index in [1.165, 1.54) is 0 Å². The third-order valence-electron chi connectivity index (χ3n) is 3.52. The molecule has 0 saturated carbocycles. The van der Waals surface area contributed by atoms with Gasteiger partial charge in [-0.2, -0.15) is 0 Å². The zero-order chi connectivity index (χ0) is 17.3. The smallest absolute Gasteiger partial charge is 0.374 e. The number of rotatable bonds is 10. The van der Waals surface area contributed by atoms with Crippen LogP contribution in [0.2, 0.25) is 0 Å². The fourth-order valence-corrected chi connectivity index (χ4v) is 2.37. The first-order valence-electron chi connectivity index (χ1n) is 7.62. The first kappa shape index (κ1) is 20.3. The van der Waals surface area contributed by atoms with Crippen LogP contribution >= 0.6 is 0 Å².